The third-order valence-corrected chi connectivity index (χ3v) is 4.90. The van der Waals surface area contributed by atoms with Gasteiger partial charge >= 0.3 is 0 Å². The molecule has 1 aromatic heterocycles. The summed E-state index contributed by atoms with van der Waals surface area (Å²) in [6, 6.07) is 0.352. The molecule has 2 heterocycles. The van der Waals surface area contributed by atoms with Crippen LogP contribution in [0, 0.1) is 0 Å². The molecule has 0 aromatic carbocycles. The van der Waals surface area contributed by atoms with Crippen molar-refractivity contribution in [1.82, 2.24) is 25.1 Å². The largest absolute Gasteiger partial charge is 0.393 e. The second-order valence-electron chi connectivity index (χ2n) is 5.93. The molecule has 1 saturated carbocycles. The normalized spacial score (nSPS) is 34.3. The number of hydrogen-bond acceptors (Lipinski definition) is 6. The molecular weight excluding hydrogens is 258 g/mol. The van der Waals surface area contributed by atoms with Crippen molar-refractivity contribution in [2.45, 2.75) is 56.4 Å². The average molecular weight is 281 g/mol. The minimum absolute atomic E-state index is 0.0337. The Hall–Kier alpha value is -1.05. The van der Waals surface area contributed by atoms with E-state index in [9.17, 15) is 5.11 Å². The molecule has 0 bridgehead atoms. The summed E-state index contributed by atoms with van der Waals surface area (Å²) in [5, 5.41) is 21.1. The number of aliphatic hydroxyl groups excluding tert-OH is 1. The van der Waals surface area contributed by atoms with Gasteiger partial charge in [-0.05, 0) is 42.5 Å². The molecule has 7 nitrogen and oxygen atoms in total. The molecule has 0 spiro atoms. The fraction of sp³-hybridized carbons (Fsp3) is 0.923. The molecule has 1 N–H and O–H groups in total. The minimum Gasteiger partial charge on any atom is -0.393 e. The predicted octanol–water partition coefficient (Wildman–Crippen LogP) is 0.0675. The van der Waals surface area contributed by atoms with Gasteiger partial charge < -0.3 is 9.84 Å². The van der Waals surface area contributed by atoms with E-state index in [1.807, 2.05) is 7.11 Å². The number of aryl methyl sites for hydroxylation is 1. The highest BCUT2D eigenvalue weighted by molar-refractivity contribution is 5.04. The summed E-state index contributed by atoms with van der Waals surface area (Å²) in [4.78, 5) is 2.47. The molecular formula is C13H23N5O2. The summed E-state index contributed by atoms with van der Waals surface area (Å²) in [6.07, 6.45) is 6.22. The molecule has 1 aromatic rings. The molecule has 1 aliphatic carbocycles. The third kappa shape index (κ3) is 2.57. The predicted molar refractivity (Wildman–Crippen MR) is 72.0 cm³/mol. The highest BCUT2D eigenvalue weighted by Gasteiger charge is 2.50. The van der Waals surface area contributed by atoms with Crippen LogP contribution < -0.4 is 0 Å². The lowest BCUT2D eigenvalue weighted by atomic mass is 9.79. The molecule has 20 heavy (non-hydrogen) atoms. The molecule has 0 unspecified atom stereocenters. The molecule has 0 radical (unpaired) electrons. The summed E-state index contributed by atoms with van der Waals surface area (Å²) in [6.45, 7) is 2.89. The van der Waals surface area contributed by atoms with Crippen LogP contribution in [0.25, 0.3) is 0 Å². The van der Waals surface area contributed by atoms with Crippen LogP contribution in [0.3, 0.4) is 0 Å². The van der Waals surface area contributed by atoms with E-state index in [-0.39, 0.29) is 11.7 Å². The van der Waals surface area contributed by atoms with Crippen LogP contribution in [0.5, 0.6) is 0 Å². The summed E-state index contributed by atoms with van der Waals surface area (Å²) < 4.78 is 7.60. The number of aliphatic hydroxyl groups is 1. The zero-order chi connectivity index (χ0) is 14.0. The van der Waals surface area contributed by atoms with Crippen LogP contribution >= 0.6 is 0 Å². The topological polar surface area (TPSA) is 76.3 Å². The lowest BCUT2D eigenvalue weighted by Crippen LogP contribution is -2.51. The van der Waals surface area contributed by atoms with Crippen LogP contribution in [0.15, 0.2) is 6.33 Å². The Morgan fingerprint density at radius 3 is 3.05 bits per heavy atom. The number of methoxy groups -OCH3 is 1. The lowest BCUT2D eigenvalue weighted by Gasteiger charge is -2.42. The van der Waals surface area contributed by atoms with E-state index in [0.717, 1.165) is 51.7 Å². The highest BCUT2D eigenvalue weighted by Crippen LogP contribution is 2.42. The van der Waals surface area contributed by atoms with Gasteiger partial charge in [-0.25, -0.2) is 4.68 Å². The van der Waals surface area contributed by atoms with Crippen molar-refractivity contribution in [3.05, 3.63) is 6.33 Å². The van der Waals surface area contributed by atoms with Crippen molar-refractivity contribution in [2.24, 2.45) is 0 Å². The molecule has 1 saturated heterocycles. The Morgan fingerprint density at radius 1 is 1.40 bits per heavy atom. The second kappa shape index (κ2) is 5.75. The average Bonchev–Trinajstić information content (AvgIpc) is 3.08. The maximum Gasteiger partial charge on any atom is 0.138 e. The van der Waals surface area contributed by atoms with Crippen molar-refractivity contribution in [1.29, 1.82) is 0 Å². The summed E-state index contributed by atoms with van der Waals surface area (Å²) >= 11 is 0. The number of likely N-dealkylation sites (tertiary alicyclic amines) is 1. The van der Waals surface area contributed by atoms with Crippen molar-refractivity contribution in [3.8, 4) is 0 Å². The maximum absolute atomic E-state index is 9.95. The summed E-state index contributed by atoms with van der Waals surface area (Å²) in [5.41, 5.74) is -0.0337. The van der Waals surface area contributed by atoms with Crippen molar-refractivity contribution >= 4 is 0 Å². The first-order chi connectivity index (χ1) is 9.73. The fourth-order valence-electron chi connectivity index (χ4n) is 3.76. The van der Waals surface area contributed by atoms with E-state index in [1.54, 1.807) is 11.0 Å². The second-order valence-corrected chi connectivity index (χ2v) is 5.93. The molecule has 0 amide bonds. The number of rotatable bonds is 5. The van der Waals surface area contributed by atoms with Crippen LogP contribution in [-0.4, -0.2) is 68.2 Å². The zero-order valence-corrected chi connectivity index (χ0v) is 12.0. The van der Waals surface area contributed by atoms with Gasteiger partial charge in [0.2, 0.25) is 0 Å². The van der Waals surface area contributed by atoms with Gasteiger partial charge in [0.1, 0.15) is 6.33 Å². The van der Waals surface area contributed by atoms with E-state index in [2.05, 4.69) is 20.4 Å². The molecule has 2 aliphatic rings. The first-order valence-corrected chi connectivity index (χ1v) is 7.41. The molecule has 1 aliphatic heterocycles. The van der Waals surface area contributed by atoms with Gasteiger partial charge in [-0.3, -0.25) is 4.90 Å². The Morgan fingerprint density at radius 2 is 2.30 bits per heavy atom. The Balaban J connectivity index is 1.57. The molecule has 3 rings (SSSR count). The van der Waals surface area contributed by atoms with Crippen LogP contribution in [0.4, 0.5) is 0 Å². The van der Waals surface area contributed by atoms with Gasteiger partial charge in [-0.1, -0.05) is 0 Å². The number of aromatic nitrogens is 4. The number of fused-ring (bicyclic) bond motifs is 1. The van der Waals surface area contributed by atoms with E-state index in [0.29, 0.717) is 6.04 Å². The van der Waals surface area contributed by atoms with Crippen LogP contribution in [0.1, 0.15) is 32.1 Å². The number of tetrazole rings is 1. The smallest absolute Gasteiger partial charge is 0.138 e. The van der Waals surface area contributed by atoms with Gasteiger partial charge in [0.25, 0.3) is 0 Å². The number of ether oxygens (including phenoxy) is 1. The lowest BCUT2D eigenvalue weighted by molar-refractivity contribution is -0.0869. The highest BCUT2D eigenvalue weighted by atomic mass is 16.5. The first kappa shape index (κ1) is 13.9. The third-order valence-electron chi connectivity index (χ3n) is 4.90. The van der Waals surface area contributed by atoms with E-state index >= 15 is 0 Å². The number of nitrogens with zero attached hydrogens (tertiary/aromatic N) is 5. The van der Waals surface area contributed by atoms with Gasteiger partial charge in [0.05, 0.1) is 11.7 Å². The first-order valence-electron chi connectivity index (χ1n) is 7.41. The van der Waals surface area contributed by atoms with Crippen molar-refractivity contribution < 1.29 is 9.84 Å². The van der Waals surface area contributed by atoms with E-state index < -0.39 is 0 Å². The number of hydrogen-bond donors (Lipinski definition) is 1. The Bertz CT molecular complexity index is 426. The maximum atomic E-state index is 9.95. The molecule has 3 atom stereocenters. The Kier molecular flexibility index (Phi) is 4.00. The summed E-state index contributed by atoms with van der Waals surface area (Å²) in [5.74, 6) is 0. The monoisotopic (exact) mass is 281 g/mol. The molecule has 2 fully saturated rings. The summed E-state index contributed by atoms with van der Waals surface area (Å²) in [7, 11) is 1.81. The quantitative estimate of drug-likeness (QED) is 0.823. The van der Waals surface area contributed by atoms with Gasteiger partial charge in [-0.15, -0.1) is 5.10 Å². The van der Waals surface area contributed by atoms with E-state index in [4.69, 9.17) is 4.74 Å². The van der Waals surface area contributed by atoms with Crippen LogP contribution in [0.2, 0.25) is 0 Å². The van der Waals surface area contributed by atoms with Crippen LogP contribution in [-0.2, 0) is 11.3 Å². The van der Waals surface area contributed by atoms with Crippen molar-refractivity contribution in [3.63, 3.8) is 0 Å². The van der Waals surface area contributed by atoms with Gasteiger partial charge in [-0.2, -0.15) is 0 Å². The zero-order valence-electron chi connectivity index (χ0n) is 12.0. The van der Waals surface area contributed by atoms with Crippen molar-refractivity contribution in [2.75, 3.05) is 20.2 Å². The Labute approximate surface area is 118 Å². The molecule has 7 heteroatoms. The van der Waals surface area contributed by atoms with E-state index in [1.165, 1.54) is 0 Å². The van der Waals surface area contributed by atoms with Gasteiger partial charge in [0, 0.05) is 32.8 Å². The van der Waals surface area contributed by atoms with Gasteiger partial charge in [0.15, 0.2) is 0 Å². The minimum atomic E-state index is -0.177. The SMILES string of the molecule is CO[C@@]12CC[C@H](O)C[C@@H]1N(CCCn1cnnn1)CC2. The standard InChI is InChI=1S/C13H23N5O2/c1-20-13-4-3-11(19)9-12(13)17(8-5-13)6-2-7-18-10-14-15-16-18/h10-12,19H,2-9H2,1H3/t11-,12-,13+/m0/s1. The fourth-order valence-corrected chi connectivity index (χ4v) is 3.76. The molecule has 112 valence electrons.